The summed E-state index contributed by atoms with van der Waals surface area (Å²) in [4.78, 5) is 1.63. The van der Waals surface area contributed by atoms with Crippen LogP contribution in [-0.4, -0.2) is 0 Å². The van der Waals surface area contributed by atoms with Crippen LogP contribution in [0.2, 0.25) is 0 Å². The Bertz CT molecular complexity index is 526. The van der Waals surface area contributed by atoms with Gasteiger partial charge in [0.1, 0.15) is 0 Å². The zero-order valence-corrected chi connectivity index (χ0v) is 24.2. The summed E-state index contributed by atoms with van der Waals surface area (Å²) in [5, 5.41) is 0. The molecule has 0 unspecified atom stereocenters. The van der Waals surface area contributed by atoms with Gasteiger partial charge in [0.2, 0.25) is 0 Å². The maximum Gasteiger partial charge on any atom is 2.00 e. The maximum absolute atomic E-state index is 5.00. The second kappa shape index (κ2) is 11.1. The summed E-state index contributed by atoms with van der Waals surface area (Å²) >= 11 is 30.2. The zero-order chi connectivity index (χ0) is 15.4. The van der Waals surface area contributed by atoms with Gasteiger partial charge in [-0.3, -0.25) is 0 Å². The Labute approximate surface area is 198 Å². The first-order valence-electron chi connectivity index (χ1n) is 4.86. The summed E-state index contributed by atoms with van der Waals surface area (Å²) in [5.41, 5.74) is 0. The van der Waals surface area contributed by atoms with Crippen LogP contribution in [0.25, 0.3) is 0 Å². The van der Waals surface area contributed by atoms with Crippen molar-refractivity contribution in [2.75, 3.05) is 0 Å². The smallest absolute Gasteiger partial charge is 0.779 e. The van der Waals surface area contributed by atoms with E-state index in [1.54, 1.807) is 0 Å². The second-order valence-electron chi connectivity index (χ2n) is 3.35. The Balaban J connectivity index is 0.000000364. The van der Waals surface area contributed by atoms with Crippen molar-refractivity contribution in [1.29, 1.82) is 0 Å². The van der Waals surface area contributed by atoms with E-state index in [1.165, 1.54) is 0 Å². The molecule has 0 aliphatic heterocycles. The Kier molecular flexibility index (Phi) is 12.3. The van der Waals surface area contributed by atoms with E-state index in [0.29, 0.717) is 0 Å². The van der Waals surface area contributed by atoms with Gasteiger partial charge in [-0.1, -0.05) is 44.0 Å². The monoisotopic (exact) mass is 749 g/mol. The molecule has 0 heterocycles. The van der Waals surface area contributed by atoms with Gasteiger partial charge in [0, 0.05) is 26.8 Å². The van der Waals surface area contributed by atoms with E-state index in [1.807, 2.05) is 24.3 Å². The molecule has 0 spiro atoms. The predicted molar refractivity (Wildman–Crippen MR) is 110 cm³/mol. The van der Waals surface area contributed by atoms with Crippen molar-refractivity contribution >= 4 is 121 Å². The maximum atomic E-state index is 5.00. The normalized spacial score (nSPS) is 9.43. The average molecular weight is 757 g/mol. The van der Waals surface area contributed by atoms with Crippen LogP contribution in [-0.2, 0) is 44.7 Å². The minimum absolute atomic E-state index is 0. The van der Waals surface area contributed by atoms with Gasteiger partial charge in [-0.2, -0.15) is 9.79 Å². The van der Waals surface area contributed by atoms with Crippen molar-refractivity contribution in [1.82, 2.24) is 0 Å². The predicted octanol–water partition coefficient (Wildman–Crippen LogP) is 7.76. The van der Waals surface area contributed by atoms with E-state index in [0.717, 1.165) is 36.6 Å². The van der Waals surface area contributed by atoms with Crippen LogP contribution >= 0.6 is 95.6 Å². The van der Waals surface area contributed by atoms with Gasteiger partial charge >= 0.3 is 19.5 Å². The molecule has 0 bridgehead atoms. The first-order valence-corrected chi connectivity index (χ1v) is 10.4. The molecule has 0 nitrogen and oxygen atoms in total. The zero-order valence-electron chi connectivity index (χ0n) is 10.1. The van der Waals surface area contributed by atoms with Crippen LogP contribution in [0.1, 0.15) is 0 Å². The molecule has 0 amide bonds. The summed E-state index contributed by atoms with van der Waals surface area (Å²) in [5.74, 6) is 0. The third kappa shape index (κ3) is 7.03. The Morgan fingerprint density at radius 1 is 0.524 bits per heavy atom. The van der Waals surface area contributed by atoms with E-state index in [2.05, 4.69) is 95.6 Å². The molecule has 0 saturated heterocycles. The Morgan fingerprint density at radius 2 is 0.810 bits per heavy atom. The van der Waals surface area contributed by atoms with Crippen LogP contribution in [0.15, 0.2) is 60.9 Å². The second-order valence-corrected chi connectivity index (χ2v) is 9.11. The first kappa shape index (κ1) is 23.4. The minimum Gasteiger partial charge on any atom is -0.779 e. The van der Waals surface area contributed by atoms with Gasteiger partial charge in [0.15, 0.2) is 0 Å². The number of halogens is 6. The van der Waals surface area contributed by atoms with Gasteiger partial charge in [-0.25, -0.2) is 0 Å². The van der Waals surface area contributed by atoms with Crippen LogP contribution < -0.4 is 0 Å². The van der Waals surface area contributed by atoms with Crippen molar-refractivity contribution in [2.24, 2.45) is 0 Å². The molecule has 108 valence electrons. The molecule has 21 heavy (non-hydrogen) atoms. The van der Waals surface area contributed by atoms with Crippen molar-refractivity contribution < 1.29 is 19.5 Å². The molecule has 2 rings (SSSR count). The summed E-state index contributed by atoms with van der Waals surface area (Å²) in [6.07, 6.45) is 0. The molecule has 0 atom stereocenters. The molecule has 9 heteroatoms. The molecule has 0 radical (unpaired) electrons. The third-order valence-electron chi connectivity index (χ3n) is 2.00. The van der Waals surface area contributed by atoms with Crippen molar-refractivity contribution in [3.63, 3.8) is 0 Å². The number of hydrogen-bond acceptors (Lipinski definition) is 2. The minimum atomic E-state index is 0. The Hall–Kier alpha value is 2.38. The molecule has 0 N–H and O–H groups in total. The van der Waals surface area contributed by atoms with E-state index in [-0.39, 0.29) is 19.5 Å². The van der Waals surface area contributed by atoms with Gasteiger partial charge in [-0.05, 0) is 75.9 Å². The standard InChI is InChI=1S/2C6H3Br3S.Zn/c2*7-3-1-2-4(10)6(9)5(3)8;/h2*1-2,10H;/q;;+2/p-2. The molecular weight excluding hydrogens is 753 g/mol. The largest absolute Gasteiger partial charge is 2.00 e. The van der Waals surface area contributed by atoms with E-state index in [9.17, 15) is 0 Å². The number of hydrogen-bond donors (Lipinski definition) is 0. The van der Waals surface area contributed by atoms with E-state index in [4.69, 9.17) is 25.3 Å². The fourth-order valence-corrected chi connectivity index (χ4v) is 4.19. The van der Waals surface area contributed by atoms with Gasteiger partial charge in [0.05, 0.1) is 0 Å². The summed E-state index contributed by atoms with van der Waals surface area (Å²) in [7, 11) is 0. The summed E-state index contributed by atoms with van der Waals surface area (Å²) in [6.45, 7) is 0. The molecule has 0 aromatic heterocycles. The van der Waals surface area contributed by atoms with E-state index < -0.39 is 0 Å². The summed E-state index contributed by atoms with van der Waals surface area (Å²) < 4.78 is 5.81. The quantitative estimate of drug-likeness (QED) is 0.153. The van der Waals surface area contributed by atoms with Crippen LogP contribution in [0.3, 0.4) is 0 Å². The first-order chi connectivity index (χ1) is 9.25. The van der Waals surface area contributed by atoms with Crippen LogP contribution in [0, 0.1) is 0 Å². The summed E-state index contributed by atoms with van der Waals surface area (Å²) in [6, 6.07) is 7.57. The number of rotatable bonds is 0. The molecule has 2 aromatic carbocycles. The van der Waals surface area contributed by atoms with Crippen LogP contribution in [0.4, 0.5) is 0 Å². The van der Waals surface area contributed by atoms with Gasteiger partial charge in [0.25, 0.3) is 0 Å². The number of benzene rings is 2. The fourth-order valence-electron chi connectivity index (χ4n) is 1.02. The fraction of sp³-hybridized carbons (Fsp3) is 0. The van der Waals surface area contributed by atoms with Crippen molar-refractivity contribution in [3.8, 4) is 0 Å². The van der Waals surface area contributed by atoms with Crippen LogP contribution in [0.5, 0.6) is 0 Å². The van der Waals surface area contributed by atoms with Gasteiger partial charge in [-0.15, -0.1) is 0 Å². The molecule has 2 aromatic rings. The van der Waals surface area contributed by atoms with E-state index >= 15 is 0 Å². The SMILES string of the molecule is [S-]c1ccc(Br)c(Br)c1Br.[S-]c1ccc(Br)c(Br)c1Br.[Zn+2]. The molecule has 0 aliphatic carbocycles. The average Bonchev–Trinajstić information content (AvgIpc) is 2.43. The molecule has 0 fully saturated rings. The molecular formula is C12H4Br6S2Zn. The molecule has 0 aliphatic rings. The molecule has 0 saturated carbocycles. The topological polar surface area (TPSA) is 0 Å². The third-order valence-corrected chi connectivity index (χ3v) is 9.95. The van der Waals surface area contributed by atoms with Gasteiger partial charge < -0.3 is 25.3 Å². The van der Waals surface area contributed by atoms with Crippen molar-refractivity contribution in [3.05, 3.63) is 51.1 Å². The van der Waals surface area contributed by atoms with Crippen molar-refractivity contribution in [2.45, 2.75) is 9.79 Å². The Morgan fingerprint density at radius 3 is 1.05 bits per heavy atom.